The van der Waals surface area contributed by atoms with E-state index in [2.05, 4.69) is 5.32 Å². The molecule has 1 aliphatic rings. The van der Waals surface area contributed by atoms with Crippen LogP contribution in [0.5, 0.6) is 5.75 Å². The molecule has 1 saturated carbocycles. The van der Waals surface area contributed by atoms with Crippen LogP contribution in [-0.4, -0.2) is 46.9 Å². The molecule has 0 aromatic heterocycles. The fourth-order valence-corrected chi connectivity index (χ4v) is 4.51. The van der Waals surface area contributed by atoms with Crippen molar-refractivity contribution in [1.29, 1.82) is 0 Å². The van der Waals surface area contributed by atoms with Crippen molar-refractivity contribution in [3.63, 3.8) is 0 Å². The molecule has 30 heavy (non-hydrogen) atoms. The quantitative estimate of drug-likeness (QED) is 0.379. The summed E-state index contributed by atoms with van der Waals surface area (Å²) in [5.41, 5.74) is 2.63. The zero-order chi connectivity index (χ0) is 22.5. The van der Waals surface area contributed by atoms with Gasteiger partial charge in [-0.1, -0.05) is 13.0 Å². The highest BCUT2D eigenvalue weighted by molar-refractivity contribution is 7.86. The lowest BCUT2D eigenvalue weighted by Gasteiger charge is -2.29. The molecular formula is C22H33NO6S. The van der Waals surface area contributed by atoms with Gasteiger partial charge in [0, 0.05) is 18.7 Å². The Kier molecular flexibility index (Phi) is 8.32. The lowest BCUT2D eigenvalue weighted by Crippen LogP contribution is -2.39. The van der Waals surface area contributed by atoms with Crippen molar-refractivity contribution >= 4 is 21.6 Å². The fraction of sp³-hybridized carbons (Fsp3) is 0.591. The first kappa shape index (κ1) is 24.2. The van der Waals surface area contributed by atoms with Crippen LogP contribution >= 0.6 is 0 Å². The van der Waals surface area contributed by atoms with Crippen molar-refractivity contribution in [2.45, 2.75) is 65.0 Å². The number of allylic oxidation sites excluding steroid dienone is 1. The van der Waals surface area contributed by atoms with Crippen LogP contribution in [0.1, 0.15) is 56.2 Å². The molecule has 1 aliphatic carbocycles. The Labute approximate surface area is 179 Å². The minimum atomic E-state index is -3.80. The van der Waals surface area contributed by atoms with Gasteiger partial charge in [-0.05, 0) is 63.1 Å². The molecule has 0 radical (unpaired) electrons. The molecule has 0 heterocycles. The van der Waals surface area contributed by atoms with Crippen LogP contribution in [0.25, 0.3) is 5.57 Å². The highest BCUT2D eigenvalue weighted by Crippen LogP contribution is 2.35. The highest BCUT2D eigenvalue weighted by atomic mass is 32.2. The van der Waals surface area contributed by atoms with Crippen LogP contribution in [0.2, 0.25) is 0 Å². The molecule has 0 aliphatic heterocycles. The summed E-state index contributed by atoms with van der Waals surface area (Å²) < 4.78 is 39.7. The van der Waals surface area contributed by atoms with Gasteiger partial charge < -0.3 is 19.0 Å². The molecule has 1 fully saturated rings. The lowest BCUT2D eigenvalue weighted by atomic mass is 9.91. The number of rotatable bonds is 8. The Hall–Kier alpha value is -2.06. The van der Waals surface area contributed by atoms with Crippen LogP contribution < -0.4 is 10.1 Å². The number of hydrogen-bond donors (Lipinski definition) is 1. The SMILES string of the molecule is CCc1cc(C)cc(OC)c1/C(C(=O)NC1CCC(OC)CC1)=C(/C)OS(C)(=O)=O. The van der Waals surface area contributed by atoms with Crippen LogP contribution in [0, 0.1) is 6.92 Å². The third kappa shape index (κ3) is 6.22. The second-order valence-electron chi connectivity index (χ2n) is 7.76. The van der Waals surface area contributed by atoms with Gasteiger partial charge in [-0.2, -0.15) is 8.42 Å². The van der Waals surface area contributed by atoms with Gasteiger partial charge in [0.2, 0.25) is 0 Å². The van der Waals surface area contributed by atoms with Crippen molar-refractivity contribution in [2.75, 3.05) is 20.5 Å². The van der Waals surface area contributed by atoms with Gasteiger partial charge in [0.25, 0.3) is 5.91 Å². The molecule has 1 aromatic rings. The Balaban J connectivity index is 2.50. The van der Waals surface area contributed by atoms with E-state index in [1.807, 2.05) is 26.0 Å². The molecule has 7 nitrogen and oxygen atoms in total. The maximum Gasteiger partial charge on any atom is 0.305 e. The molecule has 0 bridgehead atoms. The summed E-state index contributed by atoms with van der Waals surface area (Å²) in [5, 5.41) is 3.06. The molecule has 0 spiro atoms. The van der Waals surface area contributed by atoms with E-state index < -0.39 is 10.1 Å². The lowest BCUT2D eigenvalue weighted by molar-refractivity contribution is -0.116. The monoisotopic (exact) mass is 439 g/mol. The zero-order valence-electron chi connectivity index (χ0n) is 18.7. The Morgan fingerprint density at radius 3 is 2.30 bits per heavy atom. The number of ether oxygens (including phenoxy) is 2. The molecule has 0 atom stereocenters. The van der Waals surface area contributed by atoms with Gasteiger partial charge in [0.1, 0.15) is 11.5 Å². The third-order valence-corrected chi connectivity index (χ3v) is 5.93. The minimum absolute atomic E-state index is 0.00791. The first-order valence-electron chi connectivity index (χ1n) is 10.2. The van der Waals surface area contributed by atoms with Crippen LogP contribution in [0.15, 0.2) is 17.9 Å². The van der Waals surface area contributed by atoms with Gasteiger partial charge in [-0.15, -0.1) is 0 Å². The number of methoxy groups -OCH3 is 2. The minimum Gasteiger partial charge on any atom is -0.496 e. The second-order valence-corrected chi connectivity index (χ2v) is 9.33. The first-order valence-corrected chi connectivity index (χ1v) is 12.0. The van der Waals surface area contributed by atoms with Crippen LogP contribution in [0.4, 0.5) is 0 Å². The summed E-state index contributed by atoms with van der Waals surface area (Å²) >= 11 is 0. The number of carbonyl (C=O) groups excluding carboxylic acids is 1. The largest absolute Gasteiger partial charge is 0.496 e. The van der Waals surface area contributed by atoms with E-state index in [9.17, 15) is 13.2 Å². The van der Waals surface area contributed by atoms with Crippen molar-refractivity contribution in [1.82, 2.24) is 5.32 Å². The van der Waals surface area contributed by atoms with Gasteiger partial charge in [0.15, 0.2) is 0 Å². The maximum atomic E-state index is 13.4. The Morgan fingerprint density at radius 2 is 1.80 bits per heavy atom. The van der Waals surface area contributed by atoms with E-state index in [1.54, 1.807) is 7.11 Å². The summed E-state index contributed by atoms with van der Waals surface area (Å²) in [6.07, 6.45) is 5.17. The summed E-state index contributed by atoms with van der Waals surface area (Å²) in [6, 6.07) is 3.80. The van der Waals surface area contributed by atoms with E-state index in [1.165, 1.54) is 14.0 Å². The smallest absolute Gasteiger partial charge is 0.305 e. The summed E-state index contributed by atoms with van der Waals surface area (Å²) in [7, 11) is -0.562. The average Bonchev–Trinajstić information content (AvgIpc) is 2.67. The van der Waals surface area contributed by atoms with Gasteiger partial charge >= 0.3 is 10.1 Å². The Morgan fingerprint density at radius 1 is 1.17 bits per heavy atom. The third-order valence-electron chi connectivity index (χ3n) is 5.38. The summed E-state index contributed by atoms with van der Waals surface area (Å²) in [4.78, 5) is 13.4. The molecule has 2 rings (SSSR count). The van der Waals surface area contributed by atoms with Gasteiger partial charge in [-0.3, -0.25) is 4.79 Å². The van der Waals surface area contributed by atoms with Crippen molar-refractivity contribution < 1.29 is 26.9 Å². The predicted octanol–water partition coefficient (Wildman–Crippen LogP) is 3.35. The molecular weight excluding hydrogens is 406 g/mol. The molecule has 0 unspecified atom stereocenters. The van der Waals surface area contributed by atoms with Crippen molar-refractivity contribution in [3.05, 3.63) is 34.6 Å². The maximum absolute atomic E-state index is 13.4. The molecule has 8 heteroatoms. The van der Waals surface area contributed by atoms with E-state index in [-0.39, 0.29) is 29.4 Å². The highest BCUT2D eigenvalue weighted by Gasteiger charge is 2.28. The Bertz CT molecular complexity index is 873. The van der Waals surface area contributed by atoms with Gasteiger partial charge in [0.05, 0.1) is 25.0 Å². The van der Waals surface area contributed by atoms with E-state index in [4.69, 9.17) is 13.7 Å². The summed E-state index contributed by atoms with van der Waals surface area (Å²) in [6.45, 7) is 5.42. The van der Waals surface area contributed by atoms with Crippen LogP contribution in [-0.2, 0) is 30.3 Å². The fourth-order valence-electron chi connectivity index (χ4n) is 3.97. The summed E-state index contributed by atoms with van der Waals surface area (Å²) in [5.74, 6) is 0.169. The predicted molar refractivity (Wildman–Crippen MR) is 117 cm³/mol. The van der Waals surface area contributed by atoms with Crippen molar-refractivity contribution in [2.24, 2.45) is 0 Å². The van der Waals surface area contributed by atoms with E-state index in [0.29, 0.717) is 17.7 Å². The van der Waals surface area contributed by atoms with Crippen LogP contribution in [0.3, 0.4) is 0 Å². The van der Waals surface area contributed by atoms with Crippen molar-refractivity contribution in [3.8, 4) is 5.75 Å². The number of benzene rings is 1. The van der Waals surface area contributed by atoms with Gasteiger partial charge in [-0.25, -0.2) is 0 Å². The standard InChI is InChI=1S/C22H33NO6S/c1-7-16-12-14(2)13-19(28-5)21(16)20(15(3)29-30(6,25)26)22(24)23-17-8-10-18(27-4)11-9-17/h12-13,17-18H,7-11H2,1-6H3,(H,23,24)/b20-15+. The van der Waals surface area contributed by atoms with E-state index in [0.717, 1.165) is 43.1 Å². The van der Waals surface area contributed by atoms with E-state index >= 15 is 0 Å². The molecule has 168 valence electrons. The first-order chi connectivity index (χ1) is 14.1. The molecule has 1 N–H and O–H groups in total. The zero-order valence-corrected chi connectivity index (χ0v) is 19.5. The number of carbonyl (C=O) groups is 1. The molecule has 1 amide bonds. The molecule has 1 aromatic carbocycles. The molecule has 0 saturated heterocycles. The topological polar surface area (TPSA) is 90.9 Å². The number of nitrogens with one attached hydrogen (secondary N) is 1. The normalized spacial score (nSPS) is 20.3. The number of amides is 1. The number of aryl methyl sites for hydroxylation is 2. The average molecular weight is 440 g/mol. The number of hydrogen-bond acceptors (Lipinski definition) is 6. The second kappa shape index (κ2) is 10.3.